The minimum Gasteiger partial charge on any atom is -1.00 e. The Balaban J connectivity index is -0.000000125. The van der Waals surface area contributed by atoms with Gasteiger partial charge in [-0.25, -0.2) is 0 Å². The fourth-order valence-corrected chi connectivity index (χ4v) is 0. The molecule has 0 rings (SSSR count). The predicted octanol–water partition coefficient (Wildman–Crippen LogP) is -2.14. The van der Waals surface area contributed by atoms with Crippen molar-refractivity contribution in [3.05, 3.63) is 0 Å². The van der Waals surface area contributed by atoms with Crippen LogP contribution in [-0.2, 0) is 4.79 Å². The molecule has 0 saturated heterocycles. The van der Waals surface area contributed by atoms with Crippen molar-refractivity contribution in [2.24, 2.45) is 0 Å². The normalized spacial score (nSPS) is 9.57. The van der Waals surface area contributed by atoms with E-state index in [2.05, 4.69) is 0 Å². The molecule has 0 amide bonds. The van der Waals surface area contributed by atoms with Crippen LogP contribution >= 0.6 is 0 Å². The molecule has 0 aliphatic carbocycles. The van der Waals surface area contributed by atoms with Crippen LogP contribution in [0.15, 0.2) is 0 Å². The fourth-order valence-electron chi connectivity index (χ4n) is 0. The summed E-state index contributed by atoms with van der Waals surface area (Å²) in [6.45, 7) is 0. The van der Waals surface area contributed by atoms with Gasteiger partial charge in [-0.1, -0.05) is 0 Å². The van der Waals surface area contributed by atoms with E-state index in [1.807, 2.05) is 0 Å². The smallest absolute Gasteiger partial charge is 1.00 e. The van der Waals surface area contributed by atoms with Gasteiger partial charge in [0.25, 0.3) is 0 Å². The van der Waals surface area contributed by atoms with Crippen LogP contribution in [0.25, 0.3) is 0 Å². The van der Waals surface area contributed by atoms with E-state index in [9.17, 15) is 13.2 Å². The molecule has 0 aromatic carbocycles. The van der Waals surface area contributed by atoms with Crippen LogP contribution in [0.3, 0.4) is 0 Å². The maximum atomic E-state index is 10.4. The Morgan fingerprint density at radius 3 is 1.57 bits per heavy atom. The van der Waals surface area contributed by atoms with Crippen molar-refractivity contribution in [1.82, 2.24) is 0 Å². The quantitative estimate of drug-likeness (QED) is 0.254. The summed E-state index contributed by atoms with van der Waals surface area (Å²) >= 11 is 0. The first kappa shape index (κ1) is 10.1. The van der Waals surface area contributed by atoms with E-state index < -0.39 is 12.5 Å². The third-order valence-electron chi connectivity index (χ3n) is 0.134. The molecule has 0 fully saturated rings. The number of rotatable bonds is 0. The number of hydrogen-bond acceptors (Lipinski definition) is 1. The molecule has 0 saturated carbocycles. The van der Waals surface area contributed by atoms with E-state index in [4.69, 9.17) is 4.79 Å². The number of hydrogen-bond donors (Lipinski definition) is 0. The van der Waals surface area contributed by atoms with E-state index in [1.165, 1.54) is 0 Å². The summed E-state index contributed by atoms with van der Waals surface area (Å²) in [5.74, 6) is 0. The summed E-state index contributed by atoms with van der Waals surface area (Å²) in [6.07, 6.45) is -5.70. The van der Waals surface area contributed by atoms with Gasteiger partial charge in [0.15, 0.2) is 0 Å². The minimum atomic E-state index is -4.64. The molecule has 0 aliphatic heterocycles. The van der Waals surface area contributed by atoms with E-state index in [-0.39, 0.29) is 20.3 Å². The van der Waals surface area contributed by atoms with Gasteiger partial charge in [-0.2, -0.15) is 13.2 Å². The molecular weight excluding hydrogens is 104 g/mol. The van der Waals surface area contributed by atoms with Crippen LogP contribution in [0.1, 0.15) is 1.43 Å². The first-order valence-electron chi connectivity index (χ1n) is 1.09. The Bertz CT molecular complexity index is 62.8. The van der Waals surface area contributed by atoms with Crippen LogP contribution in [0.2, 0.25) is 0 Å². The van der Waals surface area contributed by atoms with E-state index in [0.29, 0.717) is 0 Å². The Kier molecular flexibility index (Phi) is 4.50. The summed E-state index contributed by atoms with van der Waals surface area (Å²) in [4.78, 5) is 8.70. The van der Waals surface area contributed by atoms with Crippen molar-refractivity contribution in [2.45, 2.75) is 6.18 Å². The maximum Gasteiger partial charge on any atom is 1.00 e. The number of carbonyl (C=O) groups excluding carboxylic acids is 1. The number of alkyl halides is 3. The molecule has 0 bridgehead atoms. The zero-order valence-electron chi connectivity index (χ0n) is 4.62. The Morgan fingerprint density at radius 2 is 1.57 bits per heavy atom. The molecule has 5 heteroatoms. The molecule has 0 aromatic rings. The van der Waals surface area contributed by atoms with Crippen LogP contribution in [0, 0.1) is 0 Å². The molecule has 0 unspecified atom stereocenters. The van der Waals surface area contributed by atoms with Gasteiger partial charge in [0, 0.05) is 0 Å². The molecule has 0 radical (unpaired) electrons. The van der Waals surface area contributed by atoms with Crippen molar-refractivity contribution < 1.29 is 38.3 Å². The van der Waals surface area contributed by atoms with Gasteiger partial charge in [-0.05, 0) is 0 Å². The van der Waals surface area contributed by atoms with Gasteiger partial charge in [-0.3, -0.25) is 4.79 Å². The SMILES string of the molecule is O=CC(F)(F)F.[H-].[Li+]. The van der Waals surface area contributed by atoms with Crippen molar-refractivity contribution >= 4 is 6.29 Å². The summed E-state index contributed by atoms with van der Waals surface area (Å²) in [7, 11) is 0. The van der Waals surface area contributed by atoms with Crippen LogP contribution in [0.4, 0.5) is 13.2 Å². The second kappa shape index (κ2) is 3.11. The average Bonchev–Trinajstić information content (AvgIpc) is 1.35. The van der Waals surface area contributed by atoms with E-state index >= 15 is 0 Å². The number of halogens is 3. The topological polar surface area (TPSA) is 17.1 Å². The van der Waals surface area contributed by atoms with Gasteiger partial charge >= 0.3 is 25.0 Å². The standard InChI is InChI=1S/C2HF3O.Li.H/c3-2(4,5)1-6;;/h1H;;/q;+1;-1. The Morgan fingerprint density at radius 1 is 1.43 bits per heavy atom. The second-order valence-corrected chi connectivity index (χ2v) is 0.659. The molecule has 7 heavy (non-hydrogen) atoms. The third kappa shape index (κ3) is 10.7. The first-order valence-corrected chi connectivity index (χ1v) is 1.09. The summed E-state index contributed by atoms with van der Waals surface area (Å²) in [5.41, 5.74) is 0. The van der Waals surface area contributed by atoms with Gasteiger partial charge in [-0.15, -0.1) is 0 Å². The molecule has 1 nitrogen and oxygen atoms in total. The van der Waals surface area contributed by atoms with E-state index in [1.54, 1.807) is 0 Å². The number of aldehydes is 1. The molecule has 38 valence electrons. The molecule has 0 heterocycles. The Hall–Kier alpha value is 0.0574. The zero-order valence-corrected chi connectivity index (χ0v) is 3.62. The number of carbonyl (C=O) groups is 1. The average molecular weight is 106 g/mol. The molecule has 0 spiro atoms. The van der Waals surface area contributed by atoms with Crippen LogP contribution in [0.5, 0.6) is 0 Å². The zero-order chi connectivity index (χ0) is 5.21. The predicted molar refractivity (Wildman–Crippen MR) is 13.2 cm³/mol. The minimum absolute atomic E-state index is 0. The monoisotopic (exact) mass is 106 g/mol. The third-order valence-corrected chi connectivity index (χ3v) is 0.134. The first-order chi connectivity index (χ1) is 2.56. The van der Waals surface area contributed by atoms with Crippen molar-refractivity contribution in [2.75, 3.05) is 0 Å². The maximum absolute atomic E-state index is 10.4. The van der Waals surface area contributed by atoms with Gasteiger partial charge in [0.1, 0.15) is 0 Å². The summed E-state index contributed by atoms with van der Waals surface area (Å²) < 4.78 is 31.2. The van der Waals surface area contributed by atoms with Gasteiger partial charge in [0.2, 0.25) is 6.29 Å². The molecule has 0 N–H and O–H groups in total. The van der Waals surface area contributed by atoms with Gasteiger partial charge < -0.3 is 1.43 Å². The van der Waals surface area contributed by atoms with Crippen molar-refractivity contribution in [3.63, 3.8) is 0 Å². The Labute approximate surface area is 51.5 Å². The summed E-state index contributed by atoms with van der Waals surface area (Å²) in [5, 5.41) is 0. The fraction of sp³-hybridized carbons (Fsp3) is 0.500. The molecular formula is C2H2F3LiO. The molecule has 0 aliphatic rings. The van der Waals surface area contributed by atoms with Crippen molar-refractivity contribution in [3.8, 4) is 0 Å². The second-order valence-electron chi connectivity index (χ2n) is 0.659. The molecule has 0 atom stereocenters. The molecule has 0 aromatic heterocycles. The summed E-state index contributed by atoms with van der Waals surface area (Å²) in [6, 6.07) is 0. The van der Waals surface area contributed by atoms with Crippen LogP contribution < -0.4 is 18.9 Å². The van der Waals surface area contributed by atoms with Crippen LogP contribution in [-0.4, -0.2) is 12.5 Å². The van der Waals surface area contributed by atoms with Crippen molar-refractivity contribution in [1.29, 1.82) is 0 Å². The van der Waals surface area contributed by atoms with Gasteiger partial charge in [0.05, 0.1) is 0 Å². The largest absolute Gasteiger partial charge is 1.00 e. The van der Waals surface area contributed by atoms with E-state index in [0.717, 1.165) is 0 Å².